The van der Waals surface area contributed by atoms with Crippen LogP contribution in [0.25, 0.3) is 0 Å². The SMILES string of the molecule is Cc1cc(Br)ccc1NC(=O)COC(=O)[C@H](Cc1ccccc1)N1C(=O)[C@H]2CC=CC[C@@H]2C1=O. The molecule has 1 aliphatic heterocycles. The highest BCUT2D eigenvalue weighted by atomic mass is 79.9. The predicted molar refractivity (Wildman–Crippen MR) is 130 cm³/mol. The number of allylic oxidation sites excluding steroid dienone is 2. The van der Waals surface area contributed by atoms with E-state index in [4.69, 9.17) is 4.74 Å². The van der Waals surface area contributed by atoms with Gasteiger partial charge in [0.05, 0.1) is 11.8 Å². The molecule has 2 aromatic carbocycles. The fourth-order valence-corrected chi connectivity index (χ4v) is 4.91. The highest BCUT2D eigenvalue weighted by Crippen LogP contribution is 2.36. The second-order valence-corrected chi connectivity index (χ2v) is 9.44. The zero-order valence-electron chi connectivity index (χ0n) is 18.7. The van der Waals surface area contributed by atoms with E-state index in [0.29, 0.717) is 18.5 Å². The van der Waals surface area contributed by atoms with Gasteiger partial charge in [-0.3, -0.25) is 19.3 Å². The summed E-state index contributed by atoms with van der Waals surface area (Å²) in [5.74, 6) is -2.90. The monoisotopic (exact) mass is 524 g/mol. The maximum absolute atomic E-state index is 13.1. The van der Waals surface area contributed by atoms with Gasteiger partial charge in [0.1, 0.15) is 6.04 Å². The average Bonchev–Trinajstić information content (AvgIpc) is 3.08. The zero-order chi connectivity index (χ0) is 24.2. The van der Waals surface area contributed by atoms with E-state index in [-0.39, 0.29) is 18.2 Å². The molecule has 0 aromatic heterocycles. The van der Waals surface area contributed by atoms with E-state index < -0.39 is 36.4 Å². The average molecular weight is 525 g/mol. The first-order valence-corrected chi connectivity index (χ1v) is 11.9. The molecule has 0 spiro atoms. The molecule has 1 N–H and O–H groups in total. The van der Waals surface area contributed by atoms with Gasteiger partial charge in [0.2, 0.25) is 11.8 Å². The van der Waals surface area contributed by atoms with Crippen LogP contribution in [0.3, 0.4) is 0 Å². The Morgan fingerprint density at radius 2 is 1.71 bits per heavy atom. The highest BCUT2D eigenvalue weighted by Gasteiger charge is 2.51. The molecule has 2 aromatic rings. The summed E-state index contributed by atoms with van der Waals surface area (Å²) in [5.41, 5.74) is 2.24. The molecule has 3 amide bonds. The summed E-state index contributed by atoms with van der Waals surface area (Å²) in [6.07, 6.45) is 4.88. The van der Waals surface area contributed by atoms with Crippen molar-refractivity contribution in [1.82, 2.24) is 4.90 Å². The minimum absolute atomic E-state index is 0.122. The second-order valence-electron chi connectivity index (χ2n) is 8.52. The van der Waals surface area contributed by atoms with E-state index in [9.17, 15) is 19.2 Å². The van der Waals surface area contributed by atoms with Crippen LogP contribution in [-0.2, 0) is 30.3 Å². The second kappa shape index (κ2) is 10.3. The summed E-state index contributed by atoms with van der Waals surface area (Å²) in [6.45, 7) is 1.32. The van der Waals surface area contributed by atoms with Gasteiger partial charge in [-0.2, -0.15) is 0 Å². The molecular weight excluding hydrogens is 500 g/mol. The molecule has 7 nitrogen and oxygen atoms in total. The molecule has 1 saturated heterocycles. The fraction of sp³-hybridized carbons (Fsp3) is 0.308. The molecule has 1 heterocycles. The predicted octanol–water partition coefficient (Wildman–Crippen LogP) is 3.80. The zero-order valence-corrected chi connectivity index (χ0v) is 20.3. The smallest absolute Gasteiger partial charge is 0.330 e. The number of rotatable bonds is 7. The first kappa shape index (κ1) is 23.9. The minimum Gasteiger partial charge on any atom is -0.454 e. The van der Waals surface area contributed by atoms with Crippen molar-refractivity contribution in [3.05, 3.63) is 76.3 Å². The van der Waals surface area contributed by atoms with Crippen molar-refractivity contribution in [2.45, 2.75) is 32.2 Å². The van der Waals surface area contributed by atoms with Crippen LogP contribution in [0.5, 0.6) is 0 Å². The number of hydrogen-bond acceptors (Lipinski definition) is 5. The number of carbonyl (C=O) groups excluding carboxylic acids is 4. The van der Waals surface area contributed by atoms with Gasteiger partial charge in [-0.05, 0) is 49.1 Å². The van der Waals surface area contributed by atoms with Crippen molar-refractivity contribution in [3.8, 4) is 0 Å². The Morgan fingerprint density at radius 1 is 1.06 bits per heavy atom. The number of carbonyl (C=O) groups is 4. The summed E-state index contributed by atoms with van der Waals surface area (Å²) in [5, 5.41) is 2.72. The number of ether oxygens (including phenoxy) is 1. The standard InChI is InChI=1S/C26H25BrN2O5/c1-16-13-18(27)11-12-21(16)28-23(30)15-34-26(33)22(14-17-7-3-2-4-8-17)29-24(31)19-9-5-6-10-20(19)25(29)32/h2-8,11-13,19-20,22H,9-10,14-15H2,1H3,(H,28,30)/t19-,20-,22-/m0/s1. The van der Waals surface area contributed by atoms with Crippen LogP contribution in [0.15, 0.2) is 65.2 Å². The third kappa shape index (κ3) is 5.12. The molecule has 4 rings (SSSR count). The Morgan fingerprint density at radius 3 is 2.32 bits per heavy atom. The Labute approximate surface area is 206 Å². The number of nitrogens with zero attached hydrogens (tertiary/aromatic N) is 1. The van der Waals surface area contributed by atoms with Crippen LogP contribution in [0.4, 0.5) is 5.69 Å². The van der Waals surface area contributed by atoms with Crippen molar-refractivity contribution in [2.24, 2.45) is 11.8 Å². The third-order valence-electron chi connectivity index (χ3n) is 6.21. The van der Waals surface area contributed by atoms with E-state index in [1.54, 1.807) is 12.1 Å². The number of hydrogen-bond donors (Lipinski definition) is 1. The van der Waals surface area contributed by atoms with Crippen LogP contribution in [0.1, 0.15) is 24.0 Å². The lowest BCUT2D eigenvalue weighted by atomic mass is 9.85. The molecule has 1 fully saturated rings. The van der Waals surface area contributed by atoms with Gasteiger partial charge in [0.25, 0.3) is 5.91 Å². The highest BCUT2D eigenvalue weighted by molar-refractivity contribution is 9.10. The number of nitrogens with one attached hydrogen (secondary N) is 1. The molecule has 0 saturated carbocycles. The van der Waals surface area contributed by atoms with Gasteiger partial charge in [-0.25, -0.2) is 4.79 Å². The lowest BCUT2D eigenvalue weighted by Gasteiger charge is -2.25. The quantitative estimate of drug-likeness (QED) is 0.337. The molecule has 0 unspecified atom stereocenters. The number of likely N-dealkylation sites (tertiary alicyclic amines) is 1. The number of halogens is 1. The number of anilines is 1. The maximum Gasteiger partial charge on any atom is 0.330 e. The lowest BCUT2D eigenvalue weighted by Crippen LogP contribution is -2.48. The summed E-state index contributed by atoms with van der Waals surface area (Å²) < 4.78 is 6.20. The van der Waals surface area contributed by atoms with E-state index in [2.05, 4.69) is 21.2 Å². The number of amides is 3. The number of fused-ring (bicyclic) bond motifs is 1. The fourth-order valence-electron chi connectivity index (χ4n) is 4.44. The first-order valence-electron chi connectivity index (χ1n) is 11.1. The van der Waals surface area contributed by atoms with Crippen LogP contribution in [0, 0.1) is 18.8 Å². The Kier molecular flexibility index (Phi) is 7.26. The molecule has 1 aliphatic carbocycles. The molecule has 0 bridgehead atoms. The van der Waals surface area contributed by atoms with E-state index in [1.165, 1.54) is 0 Å². The Bertz CT molecular complexity index is 1120. The lowest BCUT2D eigenvalue weighted by molar-refractivity contribution is -0.159. The van der Waals surface area contributed by atoms with Crippen molar-refractivity contribution < 1.29 is 23.9 Å². The molecule has 176 valence electrons. The van der Waals surface area contributed by atoms with Gasteiger partial charge >= 0.3 is 5.97 Å². The van der Waals surface area contributed by atoms with Gasteiger partial charge in [-0.15, -0.1) is 0 Å². The van der Waals surface area contributed by atoms with Crippen LogP contribution in [-0.4, -0.2) is 41.2 Å². The Balaban J connectivity index is 1.48. The number of benzene rings is 2. The largest absolute Gasteiger partial charge is 0.454 e. The Hall–Kier alpha value is -3.26. The van der Waals surface area contributed by atoms with E-state index >= 15 is 0 Å². The van der Waals surface area contributed by atoms with Crippen molar-refractivity contribution >= 4 is 45.3 Å². The minimum atomic E-state index is -1.13. The summed E-state index contributed by atoms with van der Waals surface area (Å²) >= 11 is 3.37. The molecule has 0 radical (unpaired) electrons. The van der Waals surface area contributed by atoms with Crippen LogP contribution < -0.4 is 5.32 Å². The van der Waals surface area contributed by atoms with Crippen molar-refractivity contribution in [2.75, 3.05) is 11.9 Å². The third-order valence-corrected chi connectivity index (χ3v) is 6.70. The van der Waals surface area contributed by atoms with Gasteiger partial charge < -0.3 is 10.1 Å². The normalized spacial score (nSPS) is 20.1. The van der Waals surface area contributed by atoms with Gasteiger partial charge in [0, 0.05) is 16.6 Å². The van der Waals surface area contributed by atoms with Crippen LogP contribution >= 0.6 is 15.9 Å². The maximum atomic E-state index is 13.1. The number of esters is 1. The molecule has 8 heteroatoms. The van der Waals surface area contributed by atoms with Crippen molar-refractivity contribution in [3.63, 3.8) is 0 Å². The van der Waals surface area contributed by atoms with Gasteiger partial charge in [0.15, 0.2) is 6.61 Å². The topological polar surface area (TPSA) is 92.8 Å². The van der Waals surface area contributed by atoms with Crippen LogP contribution in [0.2, 0.25) is 0 Å². The summed E-state index contributed by atoms with van der Waals surface area (Å²) in [4.78, 5) is 52.8. The molecule has 2 aliphatic rings. The summed E-state index contributed by atoms with van der Waals surface area (Å²) in [6, 6.07) is 13.4. The number of imide groups is 1. The molecule has 3 atom stereocenters. The molecule has 34 heavy (non-hydrogen) atoms. The molecular formula is C26H25BrN2O5. The van der Waals surface area contributed by atoms with Crippen molar-refractivity contribution in [1.29, 1.82) is 0 Å². The number of aryl methyl sites for hydroxylation is 1. The van der Waals surface area contributed by atoms with E-state index in [1.807, 2.05) is 55.5 Å². The van der Waals surface area contributed by atoms with E-state index in [0.717, 1.165) is 20.5 Å². The first-order chi connectivity index (χ1) is 16.3. The summed E-state index contributed by atoms with van der Waals surface area (Å²) in [7, 11) is 0. The van der Waals surface area contributed by atoms with Gasteiger partial charge in [-0.1, -0.05) is 58.4 Å².